The number of benzene rings is 10. The van der Waals surface area contributed by atoms with Gasteiger partial charge in [0.05, 0.1) is 38.6 Å². The molecular weight excluding hydrogens is 791 g/mol. The summed E-state index contributed by atoms with van der Waals surface area (Å²) in [6.45, 7) is 0. The molecule has 10 aromatic carbocycles. The Bertz CT molecular complexity index is 3820. The highest BCUT2D eigenvalue weighted by Crippen LogP contribution is 2.63. The molecule has 0 amide bonds. The third-order valence-electron chi connectivity index (χ3n) is 13.9. The normalized spacial score (nSPS) is 13.2. The lowest BCUT2D eigenvalue weighted by Gasteiger charge is -2.39. The zero-order chi connectivity index (χ0) is 42.6. The van der Waals surface area contributed by atoms with E-state index in [2.05, 4.69) is 251 Å². The Morgan fingerprint density at radius 2 is 0.892 bits per heavy atom. The van der Waals surface area contributed by atoms with E-state index in [1.807, 2.05) is 0 Å². The number of para-hydroxylation sites is 5. The van der Waals surface area contributed by atoms with Crippen molar-refractivity contribution >= 4 is 60.7 Å². The summed E-state index contributed by atoms with van der Waals surface area (Å²) in [6.07, 6.45) is 0. The minimum Gasteiger partial charge on any atom is -0.456 e. The molecule has 65 heavy (non-hydrogen) atoms. The second-order valence-corrected chi connectivity index (χ2v) is 17.2. The van der Waals surface area contributed by atoms with Gasteiger partial charge in [-0.25, -0.2) is 0 Å². The van der Waals surface area contributed by atoms with Crippen molar-refractivity contribution in [2.75, 3.05) is 4.90 Å². The van der Waals surface area contributed by atoms with Crippen LogP contribution in [0.25, 0.3) is 66.1 Å². The van der Waals surface area contributed by atoms with Gasteiger partial charge in [-0.15, -0.1) is 0 Å². The van der Waals surface area contributed by atoms with Crippen LogP contribution in [0.4, 0.5) is 17.1 Å². The summed E-state index contributed by atoms with van der Waals surface area (Å²) in [6, 6.07) is 86.0. The molecule has 1 spiro atoms. The highest BCUT2D eigenvalue weighted by atomic mass is 16.5. The van der Waals surface area contributed by atoms with Crippen LogP contribution in [0, 0.1) is 0 Å². The average Bonchev–Trinajstić information content (AvgIpc) is 4.00. The summed E-state index contributed by atoms with van der Waals surface area (Å²) in [5, 5.41) is 4.60. The van der Waals surface area contributed by atoms with Crippen LogP contribution in [0.1, 0.15) is 22.3 Å². The number of hydrogen-bond donors (Lipinski definition) is 0. The van der Waals surface area contributed by atoms with Gasteiger partial charge in [0.25, 0.3) is 0 Å². The Balaban J connectivity index is 1.09. The van der Waals surface area contributed by atoms with Crippen molar-refractivity contribution in [3.05, 3.63) is 259 Å². The standard InChI is InChI=1S/C61H39N3O/c1-4-19-40(20-5-1)62(54-32-18-33-55-58(54)46-27-12-16-31-52(46)63(55)41-21-6-2-7-22-41)43-35-37-53-47(39-43)59-56(64(53)42-23-8-3-9-24-42)38-36-51-60(59)65-57-34-17-15-30-50(57)61(51)48-28-13-10-25-44(48)45-26-11-14-29-49(45)61/h1-39H. The van der Waals surface area contributed by atoms with Crippen LogP contribution in [-0.2, 0) is 5.41 Å². The van der Waals surface area contributed by atoms with Gasteiger partial charge in [0.1, 0.15) is 11.5 Å². The van der Waals surface area contributed by atoms with Crippen LogP contribution < -0.4 is 9.64 Å². The van der Waals surface area contributed by atoms with Crippen molar-refractivity contribution in [1.29, 1.82) is 0 Å². The second kappa shape index (κ2) is 13.7. The van der Waals surface area contributed by atoms with E-state index in [-0.39, 0.29) is 0 Å². The Kier molecular flexibility index (Phi) is 7.57. The first-order chi connectivity index (χ1) is 32.3. The van der Waals surface area contributed by atoms with E-state index < -0.39 is 5.41 Å². The number of anilines is 3. The summed E-state index contributed by atoms with van der Waals surface area (Å²) in [7, 11) is 0. The maximum absolute atomic E-state index is 7.36. The molecule has 3 heterocycles. The fourth-order valence-electron chi connectivity index (χ4n) is 11.4. The van der Waals surface area contributed by atoms with Gasteiger partial charge in [0.15, 0.2) is 0 Å². The third-order valence-corrected chi connectivity index (χ3v) is 13.9. The molecule has 1 aliphatic heterocycles. The Morgan fingerprint density at radius 1 is 0.354 bits per heavy atom. The molecular formula is C61H39N3O. The van der Waals surface area contributed by atoms with Crippen molar-refractivity contribution in [2.24, 2.45) is 0 Å². The highest BCUT2D eigenvalue weighted by Gasteiger charge is 2.51. The molecule has 0 unspecified atom stereocenters. The van der Waals surface area contributed by atoms with E-state index in [0.29, 0.717) is 0 Å². The van der Waals surface area contributed by atoms with Crippen LogP contribution in [0.5, 0.6) is 11.5 Å². The van der Waals surface area contributed by atoms with E-state index in [1.54, 1.807) is 0 Å². The maximum atomic E-state index is 7.36. The first-order valence-corrected chi connectivity index (χ1v) is 22.4. The van der Waals surface area contributed by atoms with Gasteiger partial charge in [-0.2, -0.15) is 0 Å². The number of hydrogen-bond acceptors (Lipinski definition) is 2. The summed E-state index contributed by atoms with van der Waals surface area (Å²) in [4.78, 5) is 2.44. The molecule has 4 nitrogen and oxygen atoms in total. The third kappa shape index (κ3) is 4.91. The van der Waals surface area contributed by atoms with Gasteiger partial charge in [-0.05, 0) is 107 Å². The molecule has 0 atom stereocenters. The van der Waals surface area contributed by atoms with Crippen LogP contribution in [-0.4, -0.2) is 9.13 Å². The lowest BCUT2D eigenvalue weighted by molar-refractivity contribution is 0.442. The molecule has 0 radical (unpaired) electrons. The van der Waals surface area contributed by atoms with E-state index in [0.717, 1.165) is 78.4 Å². The number of ether oxygens (including phenoxy) is 1. The first-order valence-electron chi connectivity index (χ1n) is 22.4. The SMILES string of the molecule is c1ccc(N(c2ccc3c(c2)c2c4c(ccc2n3-c2ccccc2)C2(c3ccccc3O4)c3ccccc3-c3ccccc32)c2cccc3c2c2ccccc2n3-c2ccccc2)cc1. The average molecular weight is 830 g/mol. The predicted molar refractivity (Wildman–Crippen MR) is 267 cm³/mol. The summed E-state index contributed by atoms with van der Waals surface area (Å²) in [5.41, 5.74) is 16.8. The van der Waals surface area contributed by atoms with Crippen LogP contribution in [0.2, 0.25) is 0 Å². The van der Waals surface area contributed by atoms with Crippen molar-refractivity contribution in [1.82, 2.24) is 9.13 Å². The lowest BCUT2D eigenvalue weighted by atomic mass is 9.66. The van der Waals surface area contributed by atoms with Crippen LogP contribution in [0.3, 0.4) is 0 Å². The van der Waals surface area contributed by atoms with Gasteiger partial charge in [-0.3, -0.25) is 0 Å². The molecule has 14 rings (SSSR count). The zero-order valence-corrected chi connectivity index (χ0v) is 35.3. The minimum absolute atomic E-state index is 0.580. The lowest BCUT2D eigenvalue weighted by Crippen LogP contribution is -2.32. The smallest absolute Gasteiger partial charge is 0.142 e. The van der Waals surface area contributed by atoms with Gasteiger partial charge in [-0.1, -0.05) is 152 Å². The molecule has 0 N–H and O–H groups in total. The molecule has 0 saturated carbocycles. The second-order valence-electron chi connectivity index (χ2n) is 17.2. The Labute approximate surface area is 376 Å². The number of aromatic nitrogens is 2. The van der Waals surface area contributed by atoms with Crippen molar-refractivity contribution in [2.45, 2.75) is 5.41 Å². The predicted octanol–water partition coefficient (Wildman–Crippen LogP) is 15.8. The molecule has 2 aromatic heterocycles. The number of rotatable bonds is 5. The molecule has 0 saturated heterocycles. The molecule has 4 heteroatoms. The Hall–Kier alpha value is -8.60. The van der Waals surface area contributed by atoms with Gasteiger partial charge >= 0.3 is 0 Å². The van der Waals surface area contributed by atoms with Crippen LogP contribution >= 0.6 is 0 Å². The van der Waals surface area contributed by atoms with E-state index in [1.165, 1.54) is 38.5 Å². The Morgan fingerprint density at radius 3 is 1.60 bits per heavy atom. The van der Waals surface area contributed by atoms with E-state index in [4.69, 9.17) is 4.74 Å². The van der Waals surface area contributed by atoms with Gasteiger partial charge in [0, 0.05) is 50.0 Å². The molecule has 2 aliphatic rings. The zero-order valence-electron chi connectivity index (χ0n) is 35.3. The van der Waals surface area contributed by atoms with Crippen molar-refractivity contribution in [3.8, 4) is 34.0 Å². The molecule has 1 aliphatic carbocycles. The molecule has 12 aromatic rings. The monoisotopic (exact) mass is 829 g/mol. The van der Waals surface area contributed by atoms with Gasteiger partial charge in [0.2, 0.25) is 0 Å². The summed E-state index contributed by atoms with van der Waals surface area (Å²) >= 11 is 0. The minimum atomic E-state index is -0.580. The quantitative estimate of drug-likeness (QED) is 0.172. The van der Waals surface area contributed by atoms with E-state index >= 15 is 0 Å². The highest BCUT2D eigenvalue weighted by molar-refractivity contribution is 6.18. The van der Waals surface area contributed by atoms with Crippen molar-refractivity contribution < 1.29 is 4.74 Å². The van der Waals surface area contributed by atoms with Crippen molar-refractivity contribution in [3.63, 3.8) is 0 Å². The molecule has 0 bridgehead atoms. The summed E-state index contributed by atoms with van der Waals surface area (Å²) < 4.78 is 12.2. The topological polar surface area (TPSA) is 22.3 Å². The maximum Gasteiger partial charge on any atom is 0.142 e. The first kappa shape index (κ1) is 35.9. The number of nitrogens with zero attached hydrogens (tertiary/aromatic N) is 3. The largest absolute Gasteiger partial charge is 0.456 e. The van der Waals surface area contributed by atoms with E-state index in [9.17, 15) is 0 Å². The molecule has 0 fully saturated rings. The number of fused-ring (bicyclic) bond motifs is 16. The summed E-state index contributed by atoms with van der Waals surface area (Å²) in [5.74, 6) is 1.77. The molecule has 304 valence electrons. The van der Waals surface area contributed by atoms with Crippen LogP contribution in [0.15, 0.2) is 237 Å². The fourth-order valence-corrected chi connectivity index (χ4v) is 11.4. The van der Waals surface area contributed by atoms with Gasteiger partial charge < -0.3 is 18.8 Å². The fraction of sp³-hybridized carbons (Fsp3) is 0.0164.